The molecule has 0 unspecified atom stereocenters. The first-order chi connectivity index (χ1) is 8.15. The summed E-state index contributed by atoms with van der Waals surface area (Å²) in [5.41, 5.74) is 1.70. The second-order valence-corrected chi connectivity index (χ2v) is 3.64. The highest BCUT2D eigenvalue weighted by Crippen LogP contribution is 2.29. The van der Waals surface area contributed by atoms with E-state index in [2.05, 4.69) is 4.98 Å². The molecular weight excluding hydrogens is 222 g/mol. The minimum atomic E-state index is -0.897. The van der Waals surface area contributed by atoms with Gasteiger partial charge < -0.3 is 14.3 Å². The Bertz CT molecular complexity index is 559. The summed E-state index contributed by atoms with van der Waals surface area (Å²) in [6, 6.07) is 3.41. The third-order valence-electron chi connectivity index (χ3n) is 2.50. The van der Waals surface area contributed by atoms with Crippen molar-refractivity contribution in [3.8, 4) is 5.75 Å². The van der Waals surface area contributed by atoms with Gasteiger partial charge >= 0.3 is 5.97 Å². The van der Waals surface area contributed by atoms with Crippen LogP contribution in [0.4, 0.5) is 0 Å². The molecule has 0 saturated carbocycles. The van der Waals surface area contributed by atoms with Crippen LogP contribution in [0, 0.1) is 0 Å². The summed E-state index contributed by atoms with van der Waals surface area (Å²) in [4.78, 5) is 15.0. The van der Waals surface area contributed by atoms with Crippen molar-refractivity contribution >= 4 is 17.1 Å². The van der Waals surface area contributed by atoms with Gasteiger partial charge in [0, 0.05) is 12.0 Å². The van der Waals surface area contributed by atoms with Gasteiger partial charge in [-0.1, -0.05) is 13.0 Å². The molecule has 0 spiro atoms. The predicted molar refractivity (Wildman–Crippen MR) is 61.3 cm³/mol. The lowest BCUT2D eigenvalue weighted by Crippen LogP contribution is -2.00. The lowest BCUT2D eigenvalue weighted by molar-refractivity contribution is -0.136. The molecule has 0 saturated heterocycles. The molecule has 17 heavy (non-hydrogen) atoms. The fourth-order valence-electron chi connectivity index (χ4n) is 1.70. The molecule has 2 rings (SSSR count). The number of fused-ring (bicyclic) bond motifs is 1. The molecule has 1 N–H and O–H groups in total. The van der Waals surface area contributed by atoms with Crippen LogP contribution in [-0.4, -0.2) is 23.2 Å². The molecule has 1 heterocycles. The first kappa shape index (κ1) is 11.4. The van der Waals surface area contributed by atoms with Gasteiger partial charge in [-0.15, -0.1) is 0 Å². The molecule has 0 amide bonds. The average Bonchev–Trinajstić information content (AvgIpc) is 2.73. The van der Waals surface area contributed by atoms with Crippen LogP contribution < -0.4 is 4.74 Å². The minimum absolute atomic E-state index is 0.0845. The lowest BCUT2D eigenvalue weighted by atomic mass is 10.1. The zero-order valence-electron chi connectivity index (χ0n) is 9.69. The number of carboxylic acids is 1. The molecule has 1 aromatic carbocycles. The van der Waals surface area contributed by atoms with Crippen molar-refractivity contribution in [3.63, 3.8) is 0 Å². The highest BCUT2D eigenvalue weighted by molar-refractivity contribution is 5.86. The number of rotatable bonds is 4. The predicted octanol–water partition coefficient (Wildman–Crippen LogP) is 2.03. The van der Waals surface area contributed by atoms with Gasteiger partial charge in [0.15, 0.2) is 17.0 Å². The Kier molecular flexibility index (Phi) is 2.99. The smallest absolute Gasteiger partial charge is 0.307 e. The number of hydrogen-bond acceptors (Lipinski definition) is 4. The number of methoxy groups -OCH3 is 1. The quantitative estimate of drug-likeness (QED) is 0.877. The van der Waals surface area contributed by atoms with Crippen LogP contribution in [0.25, 0.3) is 11.1 Å². The van der Waals surface area contributed by atoms with Gasteiger partial charge in [0.1, 0.15) is 5.75 Å². The van der Waals surface area contributed by atoms with Crippen molar-refractivity contribution in [2.75, 3.05) is 7.11 Å². The minimum Gasteiger partial charge on any atom is -0.494 e. The van der Waals surface area contributed by atoms with Crippen molar-refractivity contribution in [2.45, 2.75) is 19.8 Å². The van der Waals surface area contributed by atoms with Crippen LogP contribution in [0.1, 0.15) is 18.4 Å². The summed E-state index contributed by atoms with van der Waals surface area (Å²) in [6.45, 7) is 1.92. The highest BCUT2D eigenvalue weighted by Gasteiger charge is 2.15. The van der Waals surface area contributed by atoms with Crippen molar-refractivity contribution in [1.82, 2.24) is 4.98 Å². The van der Waals surface area contributed by atoms with Crippen LogP contribution in [0.5, 0.6) is 5.75 Å². The van der Waals surface area contributed by atoms with Crippen LogP contribution in [0.2, 0.25) is 0 Å². The molecule has 0 aliphatic rings. The largest absolute Gasteiger partial charge is 0.494 e. The van der Waals surface area contributed by atoms with E-state index < -0.39 is 5.97 Å². The fourth-order valence-corrected chi connectivity index (χ4v) is 1.70. The molecule has 5 heteroatoms. The normalized spacial score (nSPS) is 10.7. The maximum absolute atomic E-state index is 10.7. The van der Waals surface area contributed by atoms with E-state index >= 15 is 0 Å². The Balaban J connectivity index is 2.62. The molecule has 0 fully saturated rings. The molecule has 90 valence electrons. The molecule has 0 radical (unpaired) electrons. The Morgan fingerprint density at radius 3 is 2.88 bits per heavy atom. The Morgan fingerprint density at radius 1 is 1.53 bits per heavy atom. The van der Waals surface area contributed by atoms with Gasteiger partial charge in [-0.05, 0) is 6.07 Å². The number of hydrogen-bond donors (Lipinski definition) is 1. The number of carboxylic acid groups (broad SMARTS) is 1. The number of aromatic nitrogens is 1. The number of ether oxygens (including phenoxy) is 1. The number of aryl methyl sites for hydroxylation is 1. The van der Waals surface area contributed by atoms with E-state index in [9.17, 15) is 4.79 Å². The second kappa shape index (κ2) is 4.45. The monoisotopic (exact) mass is 235 g/mol. The van der Waals surface area contributed by atoms with Crippen LogP contribution in [0.3, 0.4) is 0 Å². The van der Waals surface area contributed by atoms with E-state index in [0.29, 0.717) is 34.7 Å². The van der Waals surface area contributed by atoms with Crippen molar-refractivity contribution in [1.29, 1.82) is 0 Å². The van der Waals surface area contributed by atoms with E-state index in [1.807, 2.05) is 6.92 Å². The van der Waals surface area contributed by atoms with Gasteiger partial charge in [0.05, 0.1) is 13.5 Å². The molecule has 0 bridgehead atoms. The molecule has 2 aromatic rings. The highest BCUT2D eigenvalue weighted by atomic mass is 16.5. The zero-order valence-corrected chi connectivity index (χ0v) is 9.69. The van der Waals surface area contributed by atoms with Crippen molar-refractivity contribution in [2.24, 2.45) is 0 Å². The fraction of sp³-hybridized carbons (Fsp3) is 0.333. The zero-order chi connectivity index (χ0) is 12.4. The number of oxazole rings is 1. The SMILES string of the molecule is CCc1nc2c(OC)ccc(CC(=O)O)c2o1. The first-order valence-corrected chi connectivity index (χ1v) is 5.32. The van der Waals surface area contributed by atoms with Gasteiger partial charge in [-0.2, -0.15) is 0 Å². The van der Waals surface area contributed by atoms with Crippen LogP contribution in [0.15, 0.2) is 16.5 Å². The Hall–Kier alpha value is -2.04. The van der Waals surface area contributed by atoms with Gasteiger partial charge in [-0.25, -0.2) is 4.98 Å². The summed E-state index contributed by atoms with van der Waals surface area (Å²) in [7, 11) is 1.55. The molecule has 1 aromatic heterocycles. The van der Waals surface area contributed by atoms with E-state index in [4.69, 9.17) is 14.3 Å². The van der Waals surface area contributed by atoms with E-state index in [-0.39, 0.29) is 6.42 Å². The third-order valence-corrected chi connectivity index (χ3v) is 2.50. The standard InChI is InChI=1S/C12H13NO4/c1-3-9-13-11-8(16-2)5-4-7(6-10(14)15)12(11)17-9/h4-5H,3,6H2,1-2H3,(H,14,15). The Labute approximate surface area is 98.0 Å². The summed E-state index contributed by atoms with van der Waals surface area (Å²) in [6.07, 6.45) is 0.573. The lowest BCUT2D eigenvalue weighted by Gasteiger charge is -2.02. The van der Waals surface area contributed by atoms with E-state index in [1.165, 1.54) is 0 Å². The summed E-state index contributed by atoms with van der Waals surface area (Å²) in [5.74, 6) is 0.277. The van der Waals surface area contributed by atoms with Crippen LogP contribution in [-0.2, 0) is 17.6 Å². The van der Waals surface area contributed by atoms with E-state index in [0.717, 1.165) is 0 Å². The number of benzene rings is 1. The molecular formula is C12H13NO4. The van der Waals surface area contributed by atoms with Gasteiger partial charge in [-0.3, -0.25) is 4.79 Å². The van der Waals surface area contributed by atoms with Gasteiger partial charge in [0.25, 0.3) is 0 Å². The maximum atomic E-state index is 10.7. The number of carbonyl (C=O) groups is 1. The van der Waals surface area contributed by atoms with Crippen LogP contribution >= 0.6 is 0 Å². The topological polar surface area (TPSA) is 72.6 Å². The number of aliphatic carboxylic acids is 1. The second-order valence-electron chi connectivity index (χ2n) is 3.64. The van der Waals surface area contributed by atoms with Crippen molar-refractivity contribution in [3.05, 3.63) is 23.6 Å². The summed E-state index contributed by atoms with van der Waals surface area (Å²) >= 11 is 0. The number of nitrogens with zero attached hydrogens (tertiary/aromatic N) is 1. The molecule has 0 atom stereocenters. The average molecular weight is 235 g/mol. The van der Waals surface area contributed by atoms with E-state index in [1.54, 1.807) is 19.2 Å². The maximum Gasteiger partial charge on any atom is 0.307 e. The van der Waals surface area contributed by atoms with Gasteiger partial charge in [0.2, 0.25) is 0 Å². The first-order valence-electron chi connectivity index (χ1n) is 5.32. The van der Waals surface area contributed by atoms with Crippen molar-refractivity contribution < 1.29 is 19.1 Å². The summed E-state index contributed by atoms with van der Waals surface area (Å²) < 4.78 is 10.7. The Morgan fingerprint density at radius 2 is 2.29 bits per heavy atom. The third kappa shape index (κ3) is 2.08. The molecule has 5 nitrogen and oxygen atoms in total. The molecule has 0 aliphatic heterocycles. The molecule has 0 aliphatic carbocycles. The summed E-state index contributed by atoms with van der Waals surface area (Å²) in [5, 5.41) is 8.82.